The minimum Gasteiger partial charge on any atom is -0.378 e. The first-order valence-electron chi connectivity index (χ1n) is 10.9. The molecule has 0 radical (unpaired) electrons. The van der Waals surface area contributed by atoms with Crippen LogP contribution in [0.4, 0.5) is 0 Å². The summed E-state index contributed by atoms with van der Waals surface area (Å²) in [7, 11) is -3.60. The molecule has 2 aliphatic rings. The summed E-state index contributed by atoms with van der Waals surface area (Å²) in [6, 6.07) is 4.93. The second-order valence-corrected chi connectivity index (χ2v) is 10.9. The fourth-order valence-corrected chi connectivity index (χ4v) is 7.26. The molecule has 1 aromatic carbocycles. The Morgan fingerprint density at radius 1 is 1.19 bits per heavy atom. The smallest absolute Gasteiger partial charge is 0.308 e. The van der Waals surface area contributed by atoms with Crippen LogP contribution in [0.5, 0.6) is 0 Å². The number of benzene rings is 1. The second kappa shape index (κ2) is 9.40. The number of morpholine rings is 1. The molecule has 2 fully saturated rings. The average Bonchev–Trinajstić information content (AvgIpc) is 3.12. The van der Waals surface area contributed by atoms with Crippen LogP contribution in [0.25, 0.3) is 10.2 Å². The van der Waals surface area contributed by atoms with Crippen molar-refractivity contribution in [1.29, 1.82) is 0 Å². The lowest BCUT2D eigenvalue weighted by molar-refractivity contribution is -0.135. The van der Waals surface area contributed by atoms with Gasteiger partial charge in [0.2, 0.25) is 15.9 Å². The number of nitrogens with zero attached hydrogens (tertiary/aromatic N) is 3. The molecule has 31 heavy (non-hydrogen) atoms. The molecule has 1 amide bonds. The number of carbonyl (C=O) groups is 1. The molecule has 10 heteroatoms. The van der Waals surface area contributed by atoms with E-state index in [0.29, 0.717) is 43.1 Å². The summed E-state index contributed by atoms with van der Waals surface area (Å²) in [4.78, 5) is 26.8. The van der Waals surface area contributed by atoms with Crippen molar-refractivity contribution in [3.63, 3.8) is 0 Å². The number of sulfonamides is 1. The van der Waals surface area contributed by atoms with Gasteiger partial charge in [-0.05, 0) is 37.5 Å². The van der Waals surface area contributed by atoms with E-state index in [9.17, 15) is 18.0 Å². The van der Waals surface area contributed by atoms with Gasteiger partial charge in [-0.3, -0.25) is 14.2 Å². The molecular formula is C21H29N3O5S2. The number of thiazole rings is 1. The molecule has 0 unspecified atom stereocenters. The molecule has 8 nitrogen and oxygen atoms in total. The molecule has 1 aromatic heterocycles. The van der Waals surface area contributed by atoms with Crippen molar-refractivity contribution in [3.8, 4) is 0 Å². The average molecular weight is 468 g/mol. The predicted molar refractivity (Wildman–Crippen MR) is 120 cm³/mol. The highest BCUT2D eigenvalue weighted by molar-refractivity contribution is 7.89. The summed E-state index contributed by atoms with van der Waals surface area (Å²) < 4.78 is 35.6. The molecule has 170 valence electrons. The molecule has 3 heterocycles. The van der Waals surface area contributed by atoms with E-state index in [-0.39, 0.29) is 34.7 Å². The molecule has 0 aliphatic carbocycles. The van der Waals surface area contributed by atoms with Crippen molar-refractivity contribution >= 4 is 37.5 Å². The Morgan fingerprint density at radius 2 is 1.97 bits per heavy atom. The van der Waals surface area contributed by atoms with Gasteiger partial charge in [0.15, 0.2) is 0 Å². The number of amides is 1. The molecule has 0 bridgehead atoms. The van der Waals surface area contributed by atoms with E-state index < -0.39 is 10.0 Å². The quantitative estimate of drug-likeness (QED) is 0.650. The number of hydrogen-bond acceptors (Lipinski definition) is 6. The number of fused-ring (bicyclic) bond motifs is 1. The maximum Gasteiger partial charge on any atom is 0.308 e. The van der Waals surface area contributed by atoms with Crippen LogP contribution in [0, 0.1) is 0 Å². The molecule has 2 aliphatic heterocycles. The van der Waals surface area contributed by atoms with Gasteiger partial charge < -0.3 is 9.64 Å². The van der Waals surface area contributed by atoms with Gasteiger partial charge >= 0.3 is 4.87 Å². The van der Waals surface area contributed by atoms with Gasteiger partial charge in [0.1, 0.15) is 0 Å². The van der Waals surface area contributed by atoms with Crippen molar-refractivity contribution < 1.29 is 17.9 Å². The molecule has 4 rings (SSSR count). The number of carbonyl (C=O) groups excluding carboxylic acids is 1. The van der Waals surface area contributed by atoms with Crippen LogP contribution in [-0.4, -0.2) is 67.0 Å². The summed E-state index contributed by atoms with van der Waals surface area (Å²) in [5, 5.41) is 0. The number of hydrogen-bond donors (Lipinski definition) is 0. The first-order valence-corrected chi connectivity index (χ1v) is 13.2. The second-order valence-electron chi connectivity index (χ2n) is 8.07. The maximum atomic E-state index is 13.3. The molecule has 0 spiro atoms. The van der Waals surface area contributed by atoms with Gasteiger partial charge in [0.25, 0.3) is 0 Å². The fraction of sp³-hybridized carbons (Fsp3) is 0.619. The molecule has 0 N–H and O–H groups in total. The van der Waals surface area contributed by atoms with Gasteiger partial charge in [0, 0.05) is 38.6 Å². The highest BCUT2D eigenvalue weighted by atomic mass is 32.2. The van der Waals surface area contributed by atoms with Crippen LogP contribution >= 0.6 is 11.3 Å². The van der Waals surface area contributed by atoms with E-state index in [1.54, 1.807) is 32.0 Å². The normalized spacial score (nSPS) is 20.9. The number of piperidine rings is 1. The molecule has 2 aromatic rings. The van der Waals surface area contributed by atoms with Crippen molar-refractivity contribution in [2.75, 3.05) is 32.8 Å². The van der Waals surface area contributed by atoms with E-state index in [0.717, 1.165) is 37.0 Å². The van der Waals surface area contributed by atoms with Gasteiger partial charge in [-0.25, -0.2) is 8.42 Å². The highest BCUT2D eigenvalue weighted by Gasteiger charge is 2.32. The largest absolute Gasteiger partial charge is 0.378 e. The number of aryl methyl sites for hydroxylation is 1. The SMILES string of the molecule is CC[C@H]1CCCCN1S(=O)(=O)c1ccc2c(c1)sc(=O)n2CCC(=O)N1CCOCC1. The van der Waals surface area contributed by atoms with Gasteiger partial charge in [-0.15, -0.1) is 0 Å². The van der Waals surface area contributed by atoms with Crippen molar-refractivity contribution in [2.45, 2.75) is 56.5 Å². The molecular weight excluding hydrogens is 438 g/mol. The van der Waals surface area contributed by atoms with E-state index in [1.165, 1.54) is 0 Å². The zero-order valence-electron chi connectivity index (χ0n) is 17.8. The number of rotatable bonds is 6. The van der Waals surface area contributed by atoms with Crippen LogP contribution in [-0.2, 0) is 26.1 Å². The Hall–Kier alpha value is -1.75. The zero-order valence-corrected chi connectivity index (χ0v) is 19.4. The topological polar surface area (TPSA) is 88.9 Å². The van der Waals surface area contributed by atoms with Crippen molar-refractivity contribution in [1.82, 2.24) is 13.8 Å². The van der Waals surface area contributed by atoms with Crippen LogP contribution in [0.3, 0.4) is 0 Å². The summed E-state index contributed by atoms with van der Waals surface area (Å²) >= 11 is 1.03. The van der Waals surface area contributed by atoms with E-state index >= 15 is 0 Å². The van der Waals surface area contributed by atoms with Gasteiger partial charge in [-0.2, -0.15) is 4.31 Å². The van der Waals surface area contributed by atoms with Crippen molar-refractivity contribution in [2.24, 2.45) is 0 Å². The lowest BCUT2D eigenvalue weighted by Crippen LogP contribution is -2.43. The lowest BCUT2D eigenvalue weighted by atomic mass is 10.0. The minimum absolute atomic E-state index is 0.00412. The Kier molecular flexibility index (Phi) is 6.80. The van der Waals surface area contributed by atoms with Crippen LogP contribution < -0.4 is 4.87 Å². The summed E-state index contributed by atoms with van der Waals surface area (Å²) in [6.45, 7) is 5.08. The van der Waals surface area contributed by atoms with E-state index in [1.807, 2.05) is 6.92 Å². The van der Waals surface area contributed by atoms with Crippen LogP contribution in [0.15, 0.2) is 27.9 Å². The summed E-state index contributed by atoms with van der Waals surface area (Å²) in [5.74, 6) is 0.00412. The standard InChI is InChI=1S/C21H29N3O5S2/c1-2-16-5-3-4-9-24(16)31(27,28)17-6-7-18-19(15-17)30-21(26)23(18)10-8-20(25)22-11-13-29-14-12-22/h6-7,15-16H,2-5,8-14H2,1H3/t16-/m0/s1. The van der Waals surface area contributed by atoms with Gasteiger partial charge in [-0.1, -0.05) is 24.7 Å². The minimum atomic E-state index is -3.60. The fourth-order valence-electron chi connectivity index (χ4n) is 4.43. The Labute approximate surface area is 186 Å². The highest BCUT2D eigenvalue weighted by Crippen LogP contribution is 2.29. The number of aromatic nitrogens is 1. The van der Waals surface area contributed by atoms with Crippen molar-refractivity contribution in [3.05, 3.63) is 27.9 Å². The zero-order chi connectivity index (χ0) is 22.0. The monoisotopic (exact) mass is 467 g/mol. The Bertz CT molecular complexity index is 1100. The third kappa shape index (κ3) is 4.57. The number of ether oxygens (including phenoxy) is 1. The Balaban J connectivity index is 1.55. The maximum absolute atomic E-state index is 13.3. The first kappa shape index (κ1) is 22.4. The van der Waals surface area contributed by atoms with Crippen LogP contribution in [0.1, 0.15) is 39.0 Å². The molecule has 2 saturated heterocycles. The van der Waals surface area contributed by atoms with Gasteiger partial charge in [0.05, 0.1) is 28.3 Å². The lowest BCUT2D eigenvalue weighted by Gasteiger charge is -2.34. The third-order valence-corrected chi connectivity index (χ3v) is 9.09. The first-order chi connectivity index (χ1) is 14.9. The third-order valence-electron chi connectivity index (χ3n) is 6.20. The molecule has 0 saturated carbocycles. The molecule has 1 atom stereocenters. The van der Waals surface area contributed by atoms with Crippen LogP contribution in [0.2, 0.25) is 0 Å². The predicted octanol–water partition coefficient (Wildman–Crippen LogP) is 2.27. The van der Waals surface area contributed by atoms with E-state index in [4.69, 9.17) is 4.74 Å². The van der Waals surface area contributed by atoms with E-state index in [2.05, 4.69) is 0 Å². The Morgan fingerprint density at radius 3 is 2.71 bits per heavy atom. The summed E-state index contributed by atoms with van der Waals surface area (Å²) in [6.07, 6.45) is 3.84. The summed E-state index contributed by atoms with van der Waals surface area (Å²) in [5.41, 5.74) is 0.675.